The molecular weight excluding hydrogens is 483 g/mol. The first kappa shape index (κ1) is 22.9. The van der Waals surface area contributed by atoms with Gasteiger partial charge in [0.15, 0.2) is 5.96 Å². The van der Waals surface area contributed by atoms with Gasteiger partial charge in [-0.3, -0.25) is 9.79 Å². The Balaban J connectivity index is 0.00000529. The average Bonchev–Trinajstić information content (AvgIpc) is 2.54. The fourth-order valence-electron chi connectivity index (χ4n) is 2.01. The molecule has 0 aliphatic heterocycles. The summed E-state index contributed by atoms with van der Waals surface area (Å²) >= 11 is 3.37. The summed E-state index contributed by atoms with van der Waals surface area (Å²) in [6.07, 6.45) is 4.31. The monoisotopic (exact) mass is 508 g/mol. The van der Waals surface area contributed by atoms with Gasteiger partial charge < -0.3 is 15.5 Å². The molecule has 0 spiro atoms. The molecule has 2 N–H and O–H groups in total. The van der Waals surface area contributed by atoms with Crippen LogP contribution in [0.3, 0.4) is 0 Å². The summed E-state index contributed by atoms with van der Waals surface area (Å²) in [5, 5.41) is 6.07. The molecule has 7 heteroatoms. The van der Waals surface area contributed by atoms with Crippen molar-refractivity contribution in [2.24, 2.45) is 4.99 Å². The van der Waals surface area contributed by atoms with E-state index in [1.54, 1.807) is 7.05 Å². The molecule has 0 radical (unpaired) electrons. The summed E-state index contributed by atoms with van der Waals surface area (Å²) in [6, 6.07) is 7.52. The van der Waals surface area contributed by atoms with E-state index in [1.807, 2.05) is 37.4 Å². The molecular formula is C17H26BrIN4O. The average molecular weight is 509 g/mol. The molecule has 0 aromatic heterocycles. The van der Waals surface area contributed by atoms with E-state index in [0.717, 1.165) is 35.5 Å². The van der Waals surface area contributed by atoms with Crippen LogP contribution < -0.4 is 10.6 Å². The first-order chi connectivity index (χ1) is 11.1. The summed E-state index contributed by atoms with van der Waals surface area (Å²) in [5.74, 6) is 0.773. The number of carbonyl (C=O) groups is 1. The highest BCUT2D eigenvalue weighted by molar-refractivity contribution is 14.0. The van der Waals surface area contributed by atoms with Crippen LogP contribution in [-0.2, 0) is 4.79 Å². The van der Waals surface area contributed by atoms with Crippen molar-refractivity contribution in [3.05, 3.63) is 41.4 Å². The van der Waals surface area contributed by atoms with Crippen LogP contribution in [0.2, 0.25) is 0 Å². The second kappa shape index (κ2) is 13.2. The molecule has 0 saturated carbocycles. The minimum atomic E-state index is -0.0235. The number of amides is 1. The zero-order valence-electron chi connectivity index (χ0n) is 14.2. The van der Waals surface area contributed by atoms with Gasteiger partial charge in [-0.15, -0.1) is 30.6 Å². The highest BCUT2D eigenvalue weighted by atomic mass is 127. The lowest BCUT2D eigenvalue weighted by Gasteiger charge is -2.21. The number of hydrogen-bond acceptors (Lipinski definition) is 2. The van der Waals surface area contributed by atoms with Gasteiger partial charge in [-0.1, -0.05) is 22.0 Å². The molecule has 1 aromatic rings. The van der Waals surface area contributed by atoms with Gasteiger partial charge in [0.25, 0.3) is 0 Å². The molecule has 0 fully saturated rings. The fraction of sp³-hybridized carbons (Fsp3) is 0.412. The predicted octanol–water partition coefficient (Wildman–Crippen LogP) is 3.87. The maximum atomic E-state index is 11.9. The van der Waals surface area contributed by atoms with Gasteiger partial charge in [-0.25, -0.2) is 0 Å². The number of unbranched alkanes of at least 4 members (excludes halogenated alkanes) is 1. The molecule has 24 heavy (non-hydrogen) atoms. The third-order valence-corrected chi connectivity index (χ3v) is 3.77. The van der Waals surface area contributed by atoms with Crippen LogP contribution >= 0.6 is 39.9 Å². The van der Waals surface area contributed by atoms with E-state index in [0.29, 0.717) is 13.0 Å². The summed E-state index contributed by atoms with van der Waals surface area (Å²) in [4.78, 5) is 18.2. The first-order valence-corrected chi connectivity index (χ1v) is 8.44. The number of guanidine groups is 1. The quantitative estimate of drug-likeness (QED) is 0.184. The lowest BCUT2D eigenvalue weighted by Crippen LogP contribution is -2.40. The summed E-state index contributed by atoms with van der Waals surface area (Å²) < 4.78 is 0.987. The molecule has 0 heterocycles. The van der Waals surface area contributed by atoms with E-state index < -0.39 is 0 Å². The zero-order chi connectivity index (χ0) is 17.1. The Morgan fingerprint density at radius 2 is 2.04 bits per heavy atom. The van der Waals surface area contributed by atoms with Crippen molar-refractivity contribution in [2.75, 3.05) is 32.5 Å². The van der Waals surface area contributed by atoms with Crippen molar-refractivity contribution in [3.63, 3.8) is 0 Å². The topological polar surface area (TPSA) is 56.7 Å². The maximum absolute atomic E-state index is 11.9. The van der Waals surface area contributed by atoms with Crippen LogP contribution in [0.5, 0.6) is 0 Å². The van der Waals surface area contributed by atoms with Crippen molar-refractivity contribution in [1.29, 1.82) is 0 Å². The number of nitrogens with zero attached hydrogens (tertiary/aromatic N) is 2. The van der Waals surface area contributed by atoms with Crippen LogP contribution in [-0.4, -0.2) is 44.0 Å². The van der Waals surface area contributed by atoms with Crippen LogP contribution in [0.25, 0.3) is 0 Å². The van der Waals surface area contributed by atoms with Crippen LogP contribution in [0.1, 0.15) is 19.3 Å². The number of allylic oxidation sites excluding steroid dienone is 1. The normalized spacial score (nSPS) is 10.5. The number of nitrogens with one attached hydrogen (secondary N) is 2. The maximum Gasteiger partial charge on any atom is 0.226 e. The second-order valence-electron chi connectivity index (χ2n) is 5.13. The smallest absolute Gasteiger partial charge is 0.226 e. The molecule has 0 unspecified atom stereocenters. The summed E-state index contributed by atoms with van der Waals surface area (Å²) in [5.41, 5.74) is 0.795. The Kier molecular flexibility index (Phi) is 12.6. The van der Waals surface area contributed by atoms with Crippen molar-refractivity contribution < 1.29 is 4.79 Å². The molecule has 0 bridgehead atoms. The van der Waals surface area contributed by atoms with Crippen molar-refractivity contribution in [3.8, 4) is 0 Å². The Labute approximate surface area is 170 Å². The Morgan fingerprint density at radius 1 is 1.38 bits per heavy atom. The van der Waals surface area contributed by atoms with E-state index in [-0.39, 0.29) is 29.9 Å². The Morgan fingerprint density at radius 3 is 2.62 bits per heavy atom. The summed E-state index contributed by atoms with van der Waals surface area (Å²) in [6.45, 7) is 5.16. The van der Waals surface area contributed by atoms with E-state index in [9.17, 15) is 4.79 Å². The van der Waals surface area contributed by atoms with Gasteiger partial charge in [0.05, 0.1) is 0 Å². The molecule has 0 saturated heterocycles. The highest BCUT2D eigenvalue weighted by Crippen LogP contribution is 2.14. The molecule has 0 atom stereocenters. The first-order valence-electron chi connectivity index (χ1n) is 7.65. The molecule has 1 rings (SSSR count). The standard InChI is InChI=1S/C17H25BrN4O.HI/c1-4-5-6-13-22(3)17(19-2)20-12-11-16(23)21-15-9-7-14(18)8-10-15;/h4,7-10H,1,5-6,11-13H2,2-3H3,(H,19,20)(H,21,23);1H. The lowest BCUT2D eigenvalue weighted by atomic mass is 10.3. The number of hydrogen-bond donors (Lipinski definition) is 2. The number of anilines is 1. The highest BCUT2D eigenvalue weighted by Gasteiger charge is 2.07. The third kappa shape index (κ3) is 9.27. The number of carbonyl (C=O) groups excluding carboxylic acids is 1. The number of benzene rings is 1. The van der Waals surface area contributed by atoms with Gasteiger partial charge >= 0.3 is 0 Å². The van der Waals surface area contributed by atoms with Crippen LogP contribution in [0.4, 0.5) is 5.69 Å². The van der Waals surface area contributed by atoms with Gasteiger partial charge in [-0.05, 0) is 37.1 Å². The van der Waals surface area contributed by atoms with Crippen LogP contribution in [0, 0.1) is 0 Å². The van der Waals surface area contributed by atoms with Gasteiger partial charge in [0.2, 0.25) is 5.91 Å². The van der Waals surface area contributed by atoms with Gasteiger partial charge in [0.1, 0.15) is 0 Å². The second-order valence-corrected chi connectivity index (χ2v) is 6.05. The van der Waals surface area contributed by atoms with Crippen molar-refractivity contribution in [2.45, 2.75) is 19.3 Å². The largest absolute Gasteiger partial charge is 0.356 e. The number of rotatable bonds is 8. The van der Waals surface area contributed by atoms with E-state index in [4.69, 9.17) is 0 Å². The minimum absolute atomic E-state index is 0. The SMILES string of the molecule is C=CCCCN(C)C(=NC)NCCC(=O)Nc1ccc(Br)cc1.I. The number of aliphatic imine (C=N–C) groups is 1. The van der Waals surface area contributed by atoms with E-state index in [1.165, 1.54) is 0 Å². The van der Waals surface area contributed by atoms with Gasteiger partial charge in [0, 0.05) is 43.8 Å². The van der Waals surface area contributed by atoms with Gasteiger partial charge in [-0.2, -0.15) is 0 Å². The molecule has 1 aromatic carbocycles. The van der Waals surface area contributed by atoms with E-state index >= 15 is 0 Å². The fourth-order valence-corrected chi connectivity index (χ4v) is 2.27. The molecule has 5 nitrogen and oxygen atoms in total. The molecule has 0 aliphatic rings. The third-order valence-electron chi connectivity index (χ3n) is 3.24. The zero-order valence-corrected chi connectivity index (χ0v) is 18.1. The van der Waals surface area contributed by atoms with Crippen LogP contribution in [0.15, 0.2) is 46.4 Å². The minimum Gasteiger partial charge on any atom is -0.356 e. The van der Waals surface area contributed by atoms with Crippen molar-refractivity contribution >= 4 is 57.5 Å². The Bertz CT molecular complexity index is 534. The predicted molar refractivity (Wildman–Crippen MR) is 116 cm³/mol. The number of halogens is 2. The summed E-state index contributed by atoms with van der Waals surface area (Å²) in [7, 11) is 3.73. The molecule has 134 valence electrons. The Hall–Kier alpha value is -1.09. The molecule has 0 aliphatic carbocycles. The molecule has 1 amide bonds. The van der Waals surface area contributed by atoms with Crippen molar-refractivity contribution in [1.82, 2.24) is 10.2 Å². The lowest BCUT2D eigenvalue weighted by molar-refractivity contribution is -0.116. The van der Waals surface area contributed by atoms with E-state index in [2.05, 4.69) is 43.0 Å².